The maximum absolute atomic E-state index is 12.3. The molecule has 0 aliphatic heterocycles. The van der Waals surface area contributed by atoms with Crippen LogP contribution in [0.1, 0.15) is 39.6 Å². The smallest absolute Gasteiger partial charge is 0.350 e. The van der Waals surface area contributed by atoms with Gasteiger partial charge in [-0.2, -0.15) is 0 Å². The van der Waals surface area contributed by atoms with E-state index in [1.54, 1.807) is 31.7 Å². The lowest BCUT2D eigenvalue weighted by Crippen LogP contribution is -2.11. The van der Waals surface area contributed by atoms with E-state index in [1.807, 2.05) is 18.2 Å². The Bertz CT molecular complexity index is 713. The number of hydrogen-bond donors (Lipinski definition) is 1. The van der Waals surface area contributed by atoms with Crippen molar-refractivity contribution in [3.05, 3.63) is 40.4 Å². The van der Waals surface area contributed by atoms with Crippen molar-refractivity contribution in [2.45, 2.75) is 25.7 Å². The summed E-state index contributed by atoms with van der Waals surface area (Å²) < 4.78 is 4.97. The van der Waals surface area contributed by atoms with Crippen LogP contribution in [0.2, 0.25) is 0 Å². The third kappa shape index (κ3) is 4.56. The summed E-state index contributed by atoms with van der Waals surface area (Å²) in [6, 6.07) is 7.42. The highest BCUT2D eigenvalue weighted by molar-refractivity contribution is 7.99. The SMILES string of the molecule is CCOC(=O)c1sc(NC(=O)c2cccc(SCC)c2)nc1C. The molecular weight excluding hydrogens is 332 g/mol. The van der Waals surface area contributed by atoms with Gasteiger partial charge in [-0.05, 0) is 37.8 Å². The fraction of sp³-hybridized carbons (Fsp3) is 0.312. The van der Waals surface area contributed by atoms with Gasteiger partial charge >= 0.3 is 5.97 Å². The topological polar surface area (TPSA) is 68.3 Å². The molecule has 122 valence electrons. The van der Waals surface area contributed by atoms with Gasteiger partial charge in [-0.1, -0.05) is 24.3 Å². The van der Waals surface area contributed by atoms with E-state index in [-0.39, 0.29) is 5.91 Å². The standard InChI is InChI=1S/C16H18N2O3S2/c1-4-21-15(20)13-10(3)17-16(23-13)18-14(19)11-7-6-8-12(9-11)22-5-2/h6-9H,4-5H2,1-3H3,(H,17,18,19). The van der Waals surface area contributed by atoms with Crippen LogP contribution in [0.5, 0.6) is 0 Å². The highest BCUT2D eigenvalue weighted by atomic mass is 32.2. The van der Waals surface area contributed by atoms with Crippen molar-refractivity contribution >= 4 is 40.1 Å². The average molecular weight is 350 g/mol. The summed E-state index contributed by atoms with van der Waals surface area (Å²) in [6.45, 7) is 5.83. The van der Waals surface area contributed by atoms with Crippen LogP contribution in [0, 0.1) is 6.92 Å². The lowest BCUT2D eigenvalue weighted by atomic mass is 10.2. The predicted molar refractivity (Wildman–Crippen MR) is 93.6 cm³/mol. The second kappa shape index (κ2) is 8.12. The molecule has 7 heteroatoms. The van der Waals surface area contributed by atoms with E-state index < -0.39 is 5.97 Å². The normalized spacial score (nSPS) is 10.4. The van der Waals surface area contributed by atoms with Gasteiger partial charge in [0, 0.05) is 10.5 Å². The molecule has 0 aliphatic carbocycles. The number of anilines is 1. The van der Waals surface area contributed by atoms with Gasteiger partial charge in [0.2, 0.25) is 0 Å². The van der Waals surface area contributed by atoms with E-state index in [1.165, 1.54) is 0 Å². The number of nitrogens with one attached hydrogen (secondary N) is 1. The summed E-state index contributed by atoms with van der Waals surface area (Å²) in [5.74, 6) is 0.289. The Morgan fingerprint density at radius 1 is 1.35 bits per heavy atom. The van der Waals surface area contributed by atoms with E-state index in [2.05, 4.69) is 17.2 Å². The number of thioether (sulfide) groups is 1. The number of rotatable bonds is 6. The summed E-state index contributed by atoms with van der Waals surface area (Å²) in [6.07, 6.45) is 0. The van der Waals surface area contributed by atoms with Crippen molar-refractivity contribution in [3.63, 3.8) is 0 Å². The van der Waals surface area contributed by atoms with Crippen molar-refractivity contribution in [1.82, 2.24) is 4.98 Å². The molecule has 0 saturated heterocycles. The minimum atomic E-state index is -0.413. The third-order valence-electron chi connectivity index (χ3n) is 2.89. The maximum Gasteiger partial charge on any atom is 0.350 e. The fourth-order valence-corrected chi connectivity index (χ4v) is 3.47. The summed E-state index contributed by atoms with van der Waals surface area (Å²) in [5.41, 5.74) is 1.12. The minimum Gasteiger partial charge on any atom is -0.462 e. The summed E-state index contributed by atoms with van der Waals surface area (Å²) in [5, 5.41) is 3.13. The lowest BCUT2D eigenvalue weighted by molar-refractivity contribution is 0.0531. The second-order valence-electron chi connectivity index (χ2n) is 4.57. The van der Waals surface area contributed by atoms with Crippen molar-refractivity contribution in [1.29, 1.82) is 0 Å². The number of aromatic nitrogens is 1. The lowest BCUT2D eigenvalue weighted by Gasteiger charge is -2.04. The molecule has 23 heavy (non-hydrogen) atoms. The molecule has 2 rings (SSSR count). The molecule has 0 saturated carbocycles. The molecule has 1 heterocycles. The Morgan fingerprint density at radius 3 is 2.83 bits per heavy atom. The summed E-state index contributed by atoms with van der Waals surface area (Å²) in [7, 11) is 0. The molecule has 1 amide bonds. The van der Waals surface area contributed by atoms with Gasteiger partial charge in [0.15, 0.2) is 5.13 Å². The van der Waals surface area contributed by atoms with E-state index in [0.29, 0.717) is 27.9 Å². The Hall–Kier alpha value is -1.86. The zero-order chi connectivity index (χ0) is 16.8. The van der Waals surface area contributed by atoms with Crippen molar-refractivity contribution in [2.24, 2.45) is 0 Å². The van der Waals surface area contributed by atoms with E-state index in [9.17, 15) is 9.59 Å². The van der Waals surface area contributed by atoms with Gasteiger partial charge in [0.1, 0.15) is 4.88 Å². The number of esters is 1. The van der Waals surface area contributed by atoms with Crippen LogP contribution in [-0.4, -0.2) is 29.2 Å². The molecule has 1 N–H and O–H groups in total. The average Bonchev–Trinajstić information content (AvgIpc) is 2.89. The quantitative estimate of drug-likeness (QED) is 0.630. The highest BCUT2D eigenvalue weighted by Gasteiger charge is 2.18. The first-order chi connectivity index (χ1) is 11.0. The summed E-state index contributed by atoms with van der Waals surface area (Å²) >= 11 is 2.80. The van der Waals surface area contributed by atoms with Crippen LogP contribution in [0.15, 0.2) is 29.2 Å². The third-order valence-corrected chi connectivity index (χ3v) is 4.81. The second-order valence-corrected chi connectivity index (χ2v) is 6.91. The number of carbonyl (C=O) groups excluding carboxylic acids is 2. The number of benzene rings is 1. The predicted octanol–water partition coefficient (Wildman–Crippen LogP) is 3.99. The van der Waals surface area contributed by atoms with E-state index >= 15 is 0 Å². The number of amides is 1. The first-order valence-corrected chi connectivity index (χ1v) is 9.04. The van der Waals surface area contributed by atoms with Gasteiger partial charge in [-0.3, -0.25) is 10.1 Å². The van der Waals surface area contributed by atoms with Crippen LogP contribution < -0.4 is 5.32 Å². The molecule has 5 nitrogen and oxygen atoms in total. The molecule has 0 aliphatic rings. The monoisotopic (exact) mass is 350 g/mol. The largest absolute Gasteiger partial charge is 0.462 e. The van der Waals surface area contributed by atoms with Crippen LogP contribution in [-0.2, 0) is 4.74 Å². The van der Waals surface area contributed by atoms with Crippen molar-refractivity contribution in [3.8, 4) is 0 Å². The number of hydrogen-bond acceptors (Lipinski definition) is 6. The molecule has 0 spiro atoms. The molecule has 0 atom stereocenters. The van der Waals surface area contributed by atoms with Crippen molar-refractivity contribution < 1.29 is 14.3 Å². The molecule has 0 bridgehead atoms. The first-order valence-electron chi connectivity index (χ1n) is 7.23. The number of thiazole rings is 1. The van der Waals surface area contributed by atoms with Gasteiger partial charge in [0.25, 0.3) is 5.91 Å². The number of ether oxygens (including phenoxy) is 1. The first kappa shape index (κ1) is 17.5. The van der Waals surface area contributed by atoms with Crippen LogP contribution in [0.3, 0.4) is 0 Å². The van der Waals surface area contributed by atoms with E-state index in [4.69, 9.17) is 4.74 Å². The molecule has 0 fully saturated rings. The molecule has 1 aromatic carbocycles. The highest BCUT2D eigenvalue weighted by Crippen LogP contribution is 2.24. The molecule has 2 aromatic rings. The van der Waals surface area contributed by atoms with Crippen LogP contribution >= 0.6 is 23.1 Å². The Kier molecular flexibility index (Phi) is 6.18. The molecule has 0 unspecified atom stereocenters. The van der Waals surface area contributed by atoms with Crippen LogP contribution in [0.25, 0.3) is 0 Å². The minimum absolute atomic E-state index is 0.243. The van der Waals surface area contributed by atoms with Gasteiger partial charge in [0.05, 0.1) is 12.3 Å². The number of aryl methyl sites for hydroxylation is 1. The number of carbonyl (C=O) groups is 2. The summed E-state index contributed by atoms with van der Waals surface area (Å²) in [4.78, 5) is 29.8. The van der Waals surface area contributed by atoms with Gasteiger partial charge in [-0.25, -0.2) is 9.78 Å². The maximum atomic E-state index is 12.3. The molecule has 0 radical (unpaired) electrons. The zero-order valence-corrected chi connectivity index (χ0v) is 14.8. The fourth-order valence-electron chi connectivity index (χ4n) is 1.90. The zero-order valence-electron chi connectivity index (χ0n) is 13.2. The Balaban J connectivity index is 2.13. The van der Waals surface area contributed by atoms with Crippen molar-refractivity contribution in [2.75, 3.05) is 17.7 Å². The van der Waals surface area contributed by atoms with Gasteiger partial charge in [-0.15, -0.1) is 11.8 Å². The van der Waals surface area contributed by atoms with E-state index in [0.717, 1.165) is 22.0 Å². The van der Waals surface area contributed by atoms with Crippen LogP contribution in [0.4, 0.5) is 5.13 Å². The Labute approximate surface area is 143 Å². The molecular formula is C16H18N2O3S2. The Morgan fingerprint density at radius 2 is 2.13 bits per heavy atom. The number of nitrogens with zero attached hydrogens (tertiary/aromatic N) is 1. The van der Waals surface area contributed by atoms with Gasteiger partial charge < -0.3 is 4.74 Å². The molecule has 1 aromatic heterocycles.